The minimum atomic E-state index is -0.391. The van der Waals surface area contributed by atoms with Crippen LogP contribution in [0.5, 0.6) is 0 Å². The summed E-state index contributed by atoms with van der Waals surface area (Å²) in [5, 5.41) is 0. The quantitative estimate of drug-likeness (QED) is 0.701. The number of primary amides is 1. The average Bonchev–Trinajstić information content (AvgIpc) is 2.23. The zero-order valence-electron chi connectivity index (χ0n) is 10.8. The Labute approximate surface area is 104 Å². The molecule has 4 nitrogen and oxygen atoms in total. The van der Waals surface area contributed by atoms with Gasteiger partial charge >= 0.3 is 0 Å². The molecule has 0 unspecified atom stereocenters. The van der Waals surface area contributed by atoms with Crippen molar-refractivity contribution in [1.82, 2.24) is 4.90 Å². The topological polar surface area (TPSA) is 63.4 Å². The Hall–Kier alpha value is -1.06. The van der Waals surface area contributed by atoms with Crippen LogP contribution in [0.4, 0.5) is 0 Å². The van der Waals surface area contributed by atoms with Crippen molar-refractivity contribution < 1.29 is 9.59 Å². The van der Waals surface area contributed by atoms with Crippen molar-refractivity contribution in [1.29, 1.82) is 0 Å². The summed E-state index contributed by atoms with van der Waals surface area (Å²) in [7, 11) is 0. The Morgan fingerprint density at radius 2 is 2.00 bits per heavy atom. The molecule has 0 radical (unpaired) electrons. The first-order valence-electron chi connectivity index (χ1n) is 6.69. The van der Waals surface area contributed by atoms with Gasteiger partial charge in [-0.05, 0) is 25.2 Å². The standard InChI is InChI=1S/C13H24N2O2/c1-2-3-9-15(10-11-5-4-6-11)13(17)8-7-12(14)16/h11H,2-10H2,1H3,(H2,14,16). The molecule has 0 bridgehead atoms. The lowest BCUT2D eigenvalue weighted by Gasteiger charge is -2.32. The van der Waals surface area contributed by atoms with Crippen LogP contribution in [0.3, 0.4) is 0 Å². The number of rotatable bonds is 8. The zero-order valence-corrected chi connectivity index (χ0v) is 10.8. The number of hydrogen-bond acceptors (Lipinski definition) is 2. The predicted molar refractivity (Wildman–Crippen MR) is 67.3 cm³/mol. The summed E-state index contributed by atoms with van der Waals surface area (Å²) >= 11 is 0. The molecular weight excluding hydrogens is 216 g/mol. The third-order valence-corrected chi connectivity index (χ3v) is 3.42. The second kappa shape index (κ2) is 7.30. The molecule has 2 amide bonds. The number of amides is 2. The van der Waals surface area contributed by atoms with Crippen LogP contribution < -0.4 is 5.73 Å². The second-order valence-corrected chi connectivity index (χ2v) is 4.96. The van der Waals surface area contributed by atoms with Crippen molar-refractivity contribution in [2.75, 3.05) is 13.1 Å². The van der Waals surface area contributed by atoms with E-state index < -0.39 is 5.91 Å². The summed E-state index contributed by atoms with van der Waals surface area (Å²) < 4.78 is 0. The highest BCUT2D eigenvalue weighted by Crippen LogP contribution is 2.27. The van der Waals surface area contributed by atoms with Crippen molar-refractivity contribution in [3.8, 4) is 0 Å². The fraction of sp³-hybridized carbons (Fsp3) is 0.846. The van der Waals surface area contributed by atoms with Crippen LogP contribution in [0.1, 0.15) is 51.9 Å². The smallest absolute Gasteiger partial charge is 0.223 e. The minimum Gasteiger partial charge on any atom is -0.370 e. The van der Waals surface area contributed by atoms with E-state index in [9.17, 15) is 9.59 Å². The first kappa shape index (κ1) is 14.0. The summed E-state index contributed by atoms with van der Waals surface area (Å²) in [5.41, 5.74) is 5.07. The van der Waals surface area contributed by atoms with Gasteiger partial charge in [0.05, 0.1) is 0 Å². The monoisotopic (exact) mass is 240 g/mol. The van der Waals surface area contributed by atoms with Gasteiger partial charge < -0.3 is 10.6 Å². The molecule has 0 saturated heterocycles. The molecule has 0 atom stereocenters. The molecule has 2 N–H and O–H groups in total. The van der Waals surface area contributed by atoms with Gasteiger partial charge in [0, 0.05) is 25.9 Å². The molecule has 98 valence electrons. The molecule has 0 spiro atoms. The largest absolute Gasteiger partial charge is 0.370 e. The maximum atomic E-state index is 11.9. The molecule has 0 aromatic heterocycles. The lowest BCUT2D eigenvalue weighted by molar-refractivity contribution is -0.134. The number of nitrogens with zero attached hydrogens (tertiary/aromatic N) is 1. The van der Waals surface area contributed by atoms with Gasteiger partial charge in [-0.3, -0.25) is 9.59 Å². The Balaban J connectivity index is 2.36. The van der Waals surface area contributed by atoms with Crippen molar-refractivity contribution in [2.24, 2.45) is 11.7 Å². The molecule has 1 aliphatic rings. The fourth-order valence-corrected chi connectivity index (χ4v) is 2.04. The molecular formula is C13H24N2O2. The van der Waals surface area contributed by atoms with E-state index in [1.165, 1.54) is 19.3 Å². The Morgan fingerprint density at radius 3 is 2.47 bits per heavy atom. The molecule has 17 heavy (non-hydrogen) atoms. The SMILES string of the molecule is CCCCN(CC1CCC1)C(=O)CCC(N)=O. The highest BCUT2D eigenvalue weighted by Gasteiger charge is 2.23. The van der Waals surface area contributed by atoms with Crippen molar-refractivity contribution >= 4 is 11.8 Å². The number of nitrogens with two attached hydrogens (primary N) is 1. The van der Waals surface area contributed by atoms with Gasteiger partial charge in [-0.15, -0.1) is 0 Å². The second-order valence-electron chi connectivity index (χ2n) is 4.96. The van der Waals surface area contributed by atoms with Gasteiger partial charge in [0.15, 0.2) is 0 Å². The number of carbonyl (C=O) groups is 2. The predicted octanol–water partition coefficient (Wildman–Crippen LogP) is 1.68. The van der Waals surface area contributed by atoms with E-state index >= 15 is 0 Å². The summed E-state index contributed by atoms with van der Waals surface area (Å²) in [6, 6.07) is 0. The first-order valence-corrected chi connectivity index (χ1v) is 6.69. The lowest BCUT2D eigenvalue weighted by Crippen LogP contribution is -2.38. The van der Waals surface area contributed by atoms with Crippen molar-refractivity contribution in [3.05, 3.63) is 0 Å². The fourth-order valence-electron chi connectivity index (χ4n) is 2.04. The third kappa shape index (κ3) is 5.20. The van der Waals surface area contributed by atoms with Crippen molar-refractivity contribution in [2.45, 2.75) is 51.9 Å². The highest BCUT2D eigenvalue weighted by atomic mass is 16.2. The Bertz CT molecular complexity index is 262. The molecule has 1 fully saturated rings. The van der Waals surface area contributed by atoms with E-state index in [0.29, 0.717) is 5.92 Å². The van der Waals surface area contributed by atoms with E-state index in [0.717, 1.165) is 25.9 Å². The maximum Gasteiger partial charge on any atom is 0.223 e. The number of hydrogen-bond donors (Lipinski definition) is 1. The summed E-state index contributed by atoms with van der Waals surface area (Å²) in [4.78, 5) is 24.6. The van der Waals surface area contributed by atoms with Crippen LogP contribution in [-0.4, -0.2) is 29.8 Å². The van der Waals surface area contributed by atoms with Gasteiger partial charge in [0.2, 0.25) is 11.8 Å². The summed E-state index contributed by atoms with van der Waals surface area (Å²) in [6.07, 6.45) is 6.34. The minimum absolute atomic E-state index is 0.0872. The summed E-state index contributed by atoms with van der Waals surface area (Å²) in [6.45, 7) is 3.82. The van der Waals surface area contributed by atoms with E-state index in [2.05, 4.69) is 6.92 Å². The molecule has 1 saturated carbocycles. The van der Waals surface area contributed by atoms with Crippen LogP contribution >= 0.6 is 0 Å². The number of unbranched alkanes of at least 4 members (excludes halogenated alkanes) is 1. The summed E-state index contributed by atoms with van der Waals surface area (Å²) in [5.74, 6) is 0.381. The molecule has 1 rings (SSSR count). The van der Waals surface area contributed by atoms with Crippen LogP contribution in [-0.2, 0) is 9.59 Å². The molecule has 0 heterocycles. The van der Waals surface area contributed by atoms with Gasteiger partial charge in [-0.1, -0.05) is 19.8 Å². The average molecular weight is 240 g/mol. The highest BCUT2D eigenvalue weighted by molar-refractivity contribution is 5.82. The van der Waals surface area contributed by atoms with Gasteiger partial charge in [-0.2, -0.15) is 0 Å². The Kier molecular flexibility index (Phi) is 6.01. The van der Waals surface area contributed by atoms with Crippen LogP contribution in [0.15, 0.2) is 0 Å². The van der Waals surface area contributed by atoms with E-state index in [-0.39, 0.29) is 18.7 Å². The Morgan fingerprint density at radius 1 is 1.29 bits per heavy atom. The zero-order chi connectivity index (χ0) is 12.7. The molecule has 0 aliphatic heterocycles. The maximum absolute atomic E-state index is 11.9. The van der Waals surface area contributed by atoms with Gasteiger partial charge in [0.25, 0.3) is 0 Å². The number of carbonyl (C=O) groups excluding carboxylic acids is 2. The van der Waals surface area contributed by atoms with Gasteiger partial charge in [-0.25, -0.2) is 0 Å². The molecule has 0 aromatic carbocycles. The van der Waals surface area contributed by atoms with E-state index in [1.54, 1.807) is 0 Å². The van der Waals surface area contributed by atoms with Gasteiger partial charge in [0.1, 0.15) is 0 Å². The molecule has 1 aliphatic carbocycles. The first-order chi connectivity index (χ1) is 8.13. The van der Waals surface area contributed by atoms with Crippen LogP contribution in [0.25, 0.3) is 0 Å². The third-order valence-electron chi connectivity index (χ3n) is 3.42. The normalized spacial score (nSPS) is 15.4. The van der Waals surface area contributed by atoms with Crippen LogP contribution in [0, 0.1) is 5.92 Å². The lowest BCUT2D eigenvalue weighted by atomic mass is 9.85. The van der Waals surface area contributed by atoms with Crippen molar-refractivity contribution in [3.63, 3.8) is 0 Å². The molecule has 0 aromatic rings. The van der Waals surface area contributed by atoms with Crippen LogP contribution in [0.2, 0.25) is 0 Å². The van der Waals surface area contributed by atoms with E-state index in [4.69, 9.17) is 5.73 Å². The van der Waals surface area contributed by atoms with E-state index in [1.807, 2.05) is 4.90 Å². The molecule has 4 heteroatoms.